The highest BCUT2D eigenvalue weighted by Crippen LogP contribution is 2.65. The van der Waals surface area contributed by atoms with Crippen molar-refractivity contribution in [3.05, 3.63) is 0 Å². The van der Waals surface area contributed by atoms with Crippen LogP contribution in [0, 0.1) is 17.3 Å². The molecule has 4 fully saturated rings. The second kappa shape index (κ2) is 2.14. The van der Waals surface area contributed by atoms with E-state index in [0.29, 0.717) is 17.4 Å². The van der Waals surface area contributed by atoms with Gasteiger partial charge in [-0.05, 0) is 37.0 Å². The summed E-state index contributed by atoms with van der Waals surface area (Å²) < 4.78 is 11.2. The summed E-state index contributed by atoms with van der Waals surface area (Å²) in [6.45, 7) is 6.95. The lowest BCUT2D eigenvalue weighted by Crippen LogP contribution is -2.65. The molecule has 2 bridgehead atoms. The fourth-order valence-electron chi connectivity index (χ4n) is 3.65. The molecule has 0 aromatic heterocycles. The van der Waals surface area contributed by atoms with E-state index in [1.807, 2.05) is 0 Å². The third kappa shape index (κ3) is 0.786. The Hall–Kier alpha value is -0.0151. The van der Waals surface area contributed by atoms with Gasteiger partial charge in [-0.1, -0.05) is 13.8 Å². The second-order valence-electron chi connectivity index (χ2n) is 5.56. The van der Waals surface area contributed by atoms with Crippen LogP contribution in [0.25, 0.3) is 0 Å². The summed E-state index contributed by atoms with van der Waals surface area (Å²) in [5.74, 6) is 1.54. The molecule has 13 heavy (non-hydrogen) atoms. The summed E-state index contributed by atoms with van der Waals surface area (Å²) in [5, 5.41) is 0. The topological polar surface area (TPSA) is 18.5 Å². The van der Waals surface area contributed by atoms with Gasteiger partial charge in [0, 0.05) is 0 Å². The van der Waals surface area contributed by atoms with E-state index in [1.54, 1.807) is 7.69 Å². The zero-order valence-corrected chi connectivity index (χ0v) is 8.54. The van der Waals surface area contributed by atoms with Crippen LogP contribution in [0.3, 0.4) is 0 Å². The molecule has 1 aliphatic heterocycles. The largest absolute Gasteiger partial charge is 0.488 e. The second-order valence-corrected chi connectivity index (χ2v) is 5.56. The standard InChI is InChI=1S/C10H16BO2/c1-9(2)6-4-7(9)10(3)8(5-6)12-11-13-10/h6-8H,4-5H2,1-3H3/t6-,7+,8-,10+/m0/s1. The van der Waals surface area contributed by atoms with Crippen molar-refractivity contribution in [3.8, 4) is 0 Å². The van der Waals surface area contributed by atoms with Crippen LogP contribution in [-0.4, -0.2) is 19.4 Å². The van der Waals surface area contributed by atoms with Gasteiger partial charge in [-0.15, -0.1) is 0 Å². The zero-order valence-electron chi connectivity index (χ0n) is 8.54. The molecule has 3 aliphatic carbocycles. The van der Waals surface area contributed by atoms with Gasteiger partial charge in [-0.2, -0.15) is 0 Å². The lowest BCUT2D eigenvalue weighted by molar-refractivity contribution is -0.199. The highest BCUT2D eigenvalue weighted by atomic mass is 16.6. The molecule has 4 aliphatic rings. The van der Waals surface area contributed by atoms with Crippen LogP contribution in [-0.2, 0) is 9.31 Å². The third-order valence-electron chi connectivity index (χ3n) is 4.82. The molecule has 71 valence electrons. The Balaban J connectivity index is 1.97. The fraction of sp³-hybridized carbons (Fsp3) is 1.00. The minimum atomic E-state index is -0.0295. The predicted molar refractivity (Wildman–Crippen MR) is 50.1 cm³/mol. The maximum atomic E-state index is 5.68. The van der Waals surface area contributed by atoms with E-state index in [1.165, 1.54) is 12.8 Å². The average molecular weight is 179 g/mol. The Morgan fingerprint density at radius 1 is 1.23 bits per heavy atom. The van der Waals surface area contributed by atoms with Crippen molar-refractivity contribution in [2.24, 2.45) is 17.3 Å². The molecule has 0 unspecified atom stereocenters. The van der Waals surface area contributed by atoms with Crippen molar-refractivity contribution in [1.29, 1.82) is 0 Å². The first-order chi connectivity index (χ1) is 6.05. The SMILES string of the molecule is CC1(C)[C@@H]2C[C@@H]3O[B]O[C@]3(C)[C@@H]1C2. The molecule has 4 rings (SSSR count). The Labute approximate surface area is 80.3 Å². The molecule has 1 saturated heterocycles. The van der Waals surface area contributed by atoms with E-state index in [2.05, 4.69) is 20.8 Å². The van der Waals surface area contributed by atoms with Crippen molar-refractivity contribution in [2.45, 2.75) is 45.3 Å². The highest BCUT2D eigenvalue weighted by molar-refractivity contribution is 6.19. The predicted octanol–water partition coefficient (Wildman–Crippen LogP) is 1.76. The summed E-state index contributed by atoms with van der Waals surface area (Å²) in [6.07, 6.45) is 2.83. The van der Waals surface area contributed by atoms with Crippen LogP contribution < -0.4 is 0 Å². The molecule has 0 aromatic rings. The molecule has 2 nitrogen and oxygen atoms in total. The molecule has 0 amide bonds. The summed E-state index contributed by atoms with van der Waals surface area (Å²) in [4.78, 5) is 0. The van der Waals surface area contributed by atoms with E-state index >= 15 is 0 Å². The molecule has 3 saturated carbocycles. The van der Waals surface area contributed by atoms with Gasteiger partial charge in [0.1, 0.15) is 0 Å². The Bertz CT molecular complexity index is 253. The average Bonchev–Trinajstić information content (AvgIpc) is 2.44. The molecule has 4 atom stereocenters. The Kier molecular flexibility index (Phi) is 1.37. The van der Waals surface area contributed by atoms with E-state index in [4.69, 9.17) is 9.31 Å². The van der Waals surface area contributed by atoms with Crippen LogP contribution in [0.4, 0.5) is 0 Å². The summed E-state index contributed by atoms with van der Waals surface area (Å²) >= 11 is 0. The highest BCUT2D eigenvalue weighted by Gasteiger charge is 2.65. The van der Waals surface area contributed by atoms with Crippen molar-refractivity contribution in [2.75, 3.05) is 0 Å². The van der Waals surface area contributed by atoms with E-state index in [9.17, 15) is 0 Å². The first-order valence-electron chi connectivity index (χ1n) is 5.20. The minimum Gasteiger partial charge on any atom is -0.407 e. The molecule has 1 heterocycles. The van der Waals surface area contributed by atoms with Gasteiger partial charge < -0.3 is 9.31 Å². The molecular weight excluding hydrogens is 163 g/mol. The Morgan fingerprint density at radius 3 is 2.69 bits per heavy atom. The zero-order chi connectivity index (χ0) is 9.27. The lowest BCUT2D eigenvalue weighted by Gasteiger charge is -2.64. The van der Waals surface area contributed by atoms with Crippen LogP contribution >= 0.6 is 0 Å². The maximum absolute atomic E-state index is 5.68. The van der Waals surface area contributed by atoms with Crippen LogP contribution in [0.5, 0.6) is 0 Å². The van der Waals surface area contributed by atoms with Crippen LogP contribution in [0.2, 0.25) is 0 Å². The molecule has 3 heteroatoms. The van der Waals surface area contributed by atoms with Gasteiger partial charge >= 0.3 is 7.69 Å². The van der Waals surface area contributed by atoms with Crippen LogP contribution in [0.1, 0.15) is 33.6 Å². The maximum Gasteiger partial charge on any atom is 0.488 e. The molecular formula is C10H16BO2. The van der Waals surface area contributed by atoms with Gasteiger partial charge in [0.05, 0.1) is 11.7 Å². The van der Waals surface area contributed by atoms with Crippen LogP contribution in [0.15, 0.2) is 0 Å². The molecule has 1 radical (unpaired) electrons. The van der Waals surface area contributed by atoms with Crippen molar-refractivity contribution < 1.29 is 9.31 Å². The van der Waals surface area contributed by atoms with Gasteiger partial charge in [0.15, 0.2) is 0 Å². The normalized spacial score (nSPS) is 56.4. The number of hydrogen-bond donors (Lipinski definition) is 0. The molecule has 0 spiro atoms. The van der Waals surface area contributed by atoms with Gasteiger partial charge in [0.25, 0.3) is 0 Å². The monoisotopic (exact) mass is 179 g/mol. The van der Waals surface area contributed by atoms with Gasteiger partial charge in [-0.25, -0.2) is 0 Å². The lowest BCUT2D eigenvalue weighted by atomic mass is 9.43. The summed E-state index contributed by atoms with van der Waals surface area (Å²) in [5.41, 5.74) is 0.436. The van der Waals surface area contributed by atoms with Crippen molar-refractivity contribution in [1.82, 2.24) is 0 Å². The van der Waals surface area contributed by atoms with Crippen molar-refractivity contribution >= 4 is 7.69 Å². The first-order valence-corrected chi connectivity index (χ1v) is 5.20. The number of rotatable bonds is 0. The van der Waals surface area contributed by atoms with Crippen molar-refractivity contribution in [3.63, 3.8) is 0 Å². The smallest absolute Gasteiger partial charge is 0.407 e. The fourth-order valence-corrected chi connectivity index (χ4v) is 3.65. The molecule has 0 aromatic carbocycles. The molecule has 0 N–H and O–H groups in total. The first kappa shape index (κ1) is 8.31. The Morgan fingerprint density at radius 2 is 2.00 bits per heavy atom. The van der Waals surface area contributed by atoms with E-state index < -0.39 is 0 Å². The summed E-state index contributed by atoms with van der Waals surface area (Å²) in [7, 11) is 1.56. The summed E-state index contributed by atoms with van der Waals surface area (Å²) in [6, 6.07) is 0. The van der Waals surface area contributed by atoms with E-state index in [0.717, 1.165) is 5.92 Å². The number of hydrogen-bond acceptors (Lipinski definition) is 2. The quantitative estimate of drug-likeness (QED) is 0.527. The third-order valence-corrected chi connectivity index (χ3v) is 4.82. The van der Waals surface area contributed by atoms with Gasteiger partial charge in [0.2, 0.25) is 0 Å². The van der Waals surface area contributed by atoms with Gasteiger partial charge in [-0.3, -0.25) is 0 Å². The van der Waals surface area contributed by atoms with E-state index in [-0.39, 0.29) is 5.60 Å². The minimum absolute atomic E-state index is 0.0295.